The zero-order chi connectivity index (χ0) is 13.8. The molecule has 0 saturated carbocycles. The molecule has 1 aromatic carbocycles. The first-order valence-corrected chi connectivity index (χ1v) is 6.15. The van der Waals surface area contributed by atoms with Gasteiger partial charge in [0, 0.05) is 37.2 Å². The molecule has 0 saturated heterocycles. The molecule has 0 unspecified atom stereocenters. The Bertz CT molecular complexity index is 527. The van der Waals surface area contributed by atoms with Crippen molar-refractivity contribution in [2.24, 2.45) is 0 Å². The van der Waals surface area contributed by atoms with E-state index in [1.807, 2.05) is 0 Å². The molecule has 1 amide bonds. The third-order valence-electron chi connectivity index (χ3n) is 3.17. The zero-order valence-electron chi connectivity index (χ0n) is 10.4. The second kappa shape index (κ2) is 5.60. The minimum absolute atomic E-state index is 0.0310. The Morgan fingerprint density at radius 3 is 2.84 bits per heavy atom. The van der Waals surface area contributed by atoms with Crippen molar-refractivity contribution >= 4 is 23.6 Å². The van der Waals surface area contributed by atoms with Crippen molar-refractivity contribution in [3.05, 3.63) is 33.9 Å². The van der Waals surface area contributed by atoms with E-state index in [1.54, 1.807) is 11.0 Å². The van der Waals surface area contributed by atoms with Gasteiger partial charge in [-0.3, -0.25) is 14.9 Å². The van der Waals surface area contributed by atoms with Gasteiger partial charge in [-0.05, 0) is 24.5 Å². The van der Waals surface area contributed by atoms with Gasteiger partial charge in [-0.25, -0.2) is 0 Å². The van der Waals surface area contributed by atoms with Gasteiger partial charge in [0.15, 0.2) is 0 Å². The number of fused-ring (bicyclic) bond motifs is 1. The van der Waals surface area contributed by atoms with Crippen molar-refractivity contribution in [1.82, 2.24) is 0 Å². The SMILES string of the molecule is O=CCCN1C(=O)CCCc2cc([N+](=O)[O-])ccc21. The van der Waals surface area contributed by atoms with Crippen LogP contribution in [0, 0.1) is 10.1 Å². The molecule has 6 nitrogen and oxygen atoms in total. The molecule has 2 rings (SSSR count). The number of amides is 1. The summed E-state index contributed by atoms with van der Waals surface area (Å²) in [5.41, 5.74) is 1.52. The summed E-state index contributed by atoms with van der Waals surface area (Å²) in [4.78, 5) is 34.3. The summed E-state index contributed by atoms with van der Waals surface area (Å²) in [5.74, 6) is -0.0329. The first-order valence-electron chi connectivity index (χ1n) is 6.15. The number of benzene rings is 1. The number of nitrogens with zero attached hydrogens (tertiary/aromatic N) is 2. The molecule has 1 aliphatic rings. The van der Waals surface area contributed by atoms with Crippen LogP contribution in [0.5, 0.6) is 0 Å². The molecule has 100 valence electrons. The second-order valence-electron chi connectivity index (χ2n) is 4.42. The van der Waals surface area contributed by atoms with E-state index in [0.29, 0.717) is 31.5 Å². The van der Waals surface area contributed by atoms with Crippen LogP contribution in [0.1, 0.15) is 24.8 Å². The van der Waals surface area contributed by atoms with Gasteiger partial charge in [-0.15, -0.1) is 0 Å². The van der Waals surface area contributed by atoms with Gasteiger partial charge >= 0.3 is 0 Å². The topological polar surface area (TPSA) is 80.5 Å². The number of rotatable bonds is 4. The number of hydrogen-bond acceptors (Lipinski definition) is 4. The van der Waals surface area contributed by atoms with Crippen molar-refractivity contribution in [3.8, 4) is 0 Å². The Hall–Kier alpha value is -2.24. The monoisotopic (exact) mass is 262 g/mol. The van der Waals surface area contributed by atoms with Gasteiger partial charge in [0.1, 0.15) is 6.29 Å². The molecule has 6 heteroatoms. The van der Waals surface area contributed by atoms with E-state index in [4.69, 9.17) is 0 Å². The van der Waals surface area contributed by atoms with Crippen molar-refractivity contribution in [2.45, 2.75) is 25.7 Å². The minimum atomic E-state index is -0.442. The minimum Gasteiger partial charge on any atom is -0.312 e. The first-order chi connectivity index (χ1) is 9.13. The molecular weight excluding hydrogens is 248 g/mol. The number of carbonyl (C=O) groups is 2. The zero-order valence-corrected chi connectivity index (χ0v) is 10.4. The number of aryl methyl sites for hydroxylation is 1. The molecule has 1 aliphatic heterocycles. The van der Waals surface area contributed by atoms with Crippen LogP contribution in [0.3, 0.4) is 0 Å². The third kappa shape index (κ3) is 2.78. The van der Waals surface area contributed by atoms with Crippen molar-refractivity contribution in [3.63, 3.8) is 0 Å². The van der Waals surface area contributed by atoms with E-state index in [2.05, 4.69) is 0 Å². The summed E-state index contributed by atoms with van der Waals surface area (Å²) in [5, 5.41) is 10.8. The maximum atomic E-state index is 12.0. The Labute approximate surface area is 110 Å². The molecule has 0 aromatic heterocycles. The molecule has 0 aliphatic carbocycles. The number of nitro groups is 1. The fourth-order valence-electron chi connectivity index (χ4n) is 2.28. The summed E-state index contributed by atoms with van der Waals surface area (Å²) in [6, 6.07) is 4.51. The molecule has 1 aromatic rings. The molecule has 0 fully saturated rings. The lowest BCUT2D eigenvalue weighted by molar-refractivity contribution is -0.384. The highest BCUT2D eigenvalue weighted by molar-refractivity contribution is 5.95. The summed E-state index contributed by atoms with van der Waals surface area (Å²) < 4.78 is 0. The largest absolute Gasteiger partial charge is 0.312 e. The molecular formula is C13H14N2O4. The lowest BCUT2D eigenvalue weighted by Crippen LogP contribution is -2.31. The molecule has 19 heavy (non-hydrogen) atoms. The lowest BCUT2D eigenvalue weighted by atomic mass is 10.1. The smallest absolute Gasteiger partial charge is 0.269 e. The molecule has 0 bridgehead atoms. The van der Waals surface area contributed by atoms with Crippen molar-refractivity contribution < 1.29 is 14.5 Å². The highest BCUT2D eigenvalue weighted by atomic mass is 16.6. The summed E-state index contributed by atoms with van der Waals surface area (Å²) in [6.07, 6.45) is 2.75. The summed E-state index contributed by atoms with van der Waals surface area (Å²) >= 11 is 0. The molecule has 0 radical (unpaired) electrons. The quantitative estimate of drug-likeness (QED) is 0.471. The molecule has 1 heterocycles. The highest BCUT2D eigenvalue weighted by Gasteiger charge is 2.23. The van der Waals surface area contributed by atoms with E-state index in [9.17, 15) is 19.7 Å². The molecule has 0 spiro atoms. The van der Waals surface area contributed by atoms with E-state index < -0.39 is 4.92 Å². The van der Waals surface area contributed by atoms with Gasteiger partial charge in [-0.2, -0.15) is 0 Å². The number of non-ortho nitro benzene ring substituents is 1. The summed E-state index contributed by atoms with van der Waals surface area (Å²) in [7, 11) is 0. The normalized spacial score (nSPS) is 14.7. The van der Waals surface area contributed by atoms with E-state index in [1.165, 1.54) is 12.1 Å². The van der Waals surface area contributed by atoms with Crippen molar-refractivity contribution in [1.29, 1.82) is 0 Å². The van der Waals surface area contributed by atoms with Gasteiger partial charge < -0.3 is 9.69 Å². The fourth-order valence-corrected chi connectivity index (χ4v) is 2.28. The lowest BCUT2D eigenvalue weighted by Gasteiger charge is -2.21. The number of carbonyl (C=O) groups excluding carboxylic acids is 2. The average Bonchev–Trinajstić information content (AvgIpc) is 2.54. The van der Waals surface area contributed by atoms with Crippen LogP contribution < -0.4 is 4.90 Å². The Kier molecular flexibility index (Phi) is 3.89. The van der Waals surface area contributed by atoms with Crippen LogP contribution in [-0.2, 0) is 16.0 Å². The highest BCUT2D eigenvalue weighted by Crippen LogP contribution is 2.30. The Morgan fingerprint density at radius 1 is 1.37 bits per heavy atom. The number of aldehydes is 1. The average molecular weight is 262 g/mol. The number of anilines is 1. The van der Waals surface area contributed by atoms with Gasteiger partial charge in [0.05, 0.1) is 4.92 Å². The van der Waals surface area contributed by atoms with Crippen molar-refractivity contribution in [2.75, 3.05) is 11.4 Å². The Morgan fingerprint density at radius 2 is 2.16 bits per heavy atom. The predicted octanol–water partition coefficient (Wildman–Crippen LogP) is 1.85. The van der Waals surface area contributed by atoms with Crippen LogP contribution >= 0.6 is 0 Å². The number of hydrogen-bond donors (Lipinski definition) is 0. The van der Waals surface area contributed by atoms with Crippen LogP contribution in [0.25, 0.3) is 0 Å². The Balaban J connectivity index is 2.39. The molecule has 0 N–H and O–H groups in total. The second-order valence-corrected chi connectivity index (χ2v) is 4.42. The van der Waals surface area contributed by atoms with Gasteiger partial charge in [0.25, 0.3) is 5.69 Å². The third-order valence-corrected chi connectivity index (χ3v) is 3.17. The van der Waals surface area contributed by atoms with Crippen LogP contribution in [0.2, 0.25) is 0 Å². The molecule has 0 atom stereocenters. The van der Waals surface area contributed by atoms with E-state index in [0.717, 1.165) is 11.8 Å². The maximum absolute atomic E-state index is 12.0. The van der Waals surface area contributed by atoms with E-state index >= 15 is 0 Å². The first kappa shape index (κ1) is 13.2. The maximum Gasteiger partial charge on any atom is 0.269 e. The van der Waals surface area contributed by atoms with Gasteiger partial charge in [0.2, 0.25) is 5.91 Å². The standard InChI is InChI=1S/C13H14N2O4/c16-8-2-7-14-12-6-5-11(15(18)19)9-10(12)3-1-4-13(14)17/h5-6,8-9H,1-4,7H2. The van der Waals surface area contributed by atoms with Gasteiger partial charge in [-0.1, -0.05) is 0 Å². The summed E-state index contributed by atoms with van der Waals surface area (Å²) in [6.45, 7) is 0.327. The number of nitro benzene ring substituents is 1. The predicted molar refractivity (Wildman–Crippen MR) is 69.1 cm³/mol. The fraction of sp³-hybridized carbons (Fsp3) is 0.385. The van der Waals surface area contributed by atoms with Crippen LogP contribution in [0.15, 0.2) is 18.2 Å². The van der Waals surface area contributed by atoms with E-state index in [-0.39, 0.29) is 18.0 Å². The van der Waals surface area contributed by atoms with Crippen LogP contribution in [-0.4, -0.2) is 23.7 Å². The van der Waals surface area contributed by atoms with Crippen LogP contribution in [0.4, 0.5) is 11.4 Å².